The molecule has 1 heterocycles. The average molecular weight is 275 g/mol. The summed E-state index contributed by atoms with van der Waals surface area (Å²) in [5.74, 6) is 0.596. The van der Waals surface area contributed by atoms with Crippen LogP contribution in [-0.4, -0.2) is 29.5 Å². The maximum Gasteiger partial charge on any atom is 0.0841 e. The lowest BCUT2D eigenvalue weighted by atomic mass is 10.2. The van der Waals surface area contributed by atoms with Crippen LogP contribution in [0.1, 0.15) is 26.5 Å². The highest BCUT2D eigenvalue weighted by molar-refractivity contribution is 5.81. The molecule has 1 aromatic heterocycles. The van der Waals surface area contributed by atoms with E-state index < -0.39 is 0 Å². The highest BCUT2D eigenvalue weighted by Gasteiger charge is 2.08. The van der Waals surface area contributed by atoms with Crippen LogP contribution in [0.4, 0.5) is 0 Å². The van der Waals surface area contributed by atoms with Crippen molar-refractivity contribution < 1.29 is 4.74 Å². The quantitative estimate of drug-likeness (QED) is 0.753. The fraction of sp³-hybridized carbons (Fsp3) is 0.562. The Morgan fingerprint density at radius 2 is 2.10 bits per heavy atom. The van der Waals surface area contributed by atoms with Crippen molar-refractivity contribution in [1.29, 1.82) is 0 Å². The molecule has 0 spiro atoms. The fourth-order valence-electron chi connectivity index (χ4n) is 2.24. The standard InChI is InChI=1S/C16H25N3O/c1-4-19-16-8-6-5-7-14(16)15(18-19)11-17-9-10-20-12-13(2)3/h5-8,13,17H,4,9-12H2,1-3H3. The Morgan fingerprint density at radius 3 is 2.85 bits per heavy atom. The summed E-state index contributed by atoms with van der Waals surface area (Å²) in [7, 11) is 0. The number of aromatic nitrogens is 2. The van der Waals surface area contributed by atoms with Crippen LogP contribution in [-0.2, 0) is 17.8 Å². The summed E-state index contributed by atoms with van der Waals surface area (Å²) >= 11 is 0. The first-order chi connectivity index (χ1) is 9.72. The van der Waals surface area contributed by atoms with E-state index in [1.54, 1.807) is 0 Å². The number of ether oxygens (including phenoxy) is 1. The van der Waals surface area contributed by atoms with E-state index in [1.807, 2.05) is 0 Å². The molecule has 0 radical (unpaired) electrons. The number of benzene rings is 1. The SMILES string of the molecule is CCn1nc(CNCCOCC(C)C)c2ccccc21. The van der Waals surface area contributed by atoms with Gasteiger partial charge < -0.3 is 10.1 Å². The lowest BCUT2D eigenvalue weighted by molar-refractivity contribution is 0.111. The maximum absolute atomic E-state index is 5.56. The number of nitrogens with zero attached hydrogens (tertiary/aromatic N) is 2. The molecular formula is C16H25N3O. The van der Waals surface area contributed by atoms with Crippen LogP contribution in [0.3, 0.4) is 0 Å². The minimum absolute atomic E-state index is 0.596. The van der Waals surface area contributed by atoms with Crippen molar-refractivity contribution in [3.05, 3.63) is 30.0 Å². The Hall–Kier alpha value is -1.39. The van der Waals surface area contributed by atoms with E-state index in [0.29, 0.717) is 5.92 Å². The van der Waals surface area contributed by atoms with E-state index >= 15 is 0 Å². The molecule has 110 valence electrons. The van der Waals surface area contributed by atoms with E-state index in [2.05, 4.69) is 60.1 Å². The van der Waals surface area contributed by atoms with E-state index in [1.165, 1.54) is 10.9 Å². The van der Waals surface area contributed by atoms with Crippen molar-refractivity contribution >= 4 is 10.9 Å². The summed E-state index contributed by atoms with van der Waals surface area (Å²) in [6.45, 7) is 10.6. The molecule has 0 aliphatic carbocycles. The summed E-state index contributed by atoms with van der Waals surface area (Å²) in [5, 5.41) is 9.31. The molecule has 2 rings (SSSR count). The lowest BCUT2D eigenvalue weighted by Crippen LogP contribution is -2.20. The number of aryl methyl sites for hydroxylation is 1. The monoisotopic (exact) mass is 275 g/mol. The number of fused-ring (bicyclic) bond motifs is 1. The Balaban J connectivity index is 1.87. The molecule has 4 nitrogen and oxygen atoms in total. The highest BCUT2D eigenvalue weighted by atomic mass is 16.5. The zero-order valence-corrected chi connectivity index (χ0v) is 12.7. The summed E-state index contributed by atoms with van der Waals surface area (Å²) in [6.07, 6.45) is 0. The molecule has 0 saturated carbocycles. The van der Waals surface area contributed by atoms with Crippen molar-refractivity contribution in [3.63, 3.8) is 0 Å². The molecule has 20 heavy (non-hydrogen) atoms. The first-order valence-electron chi connectivity index (χ1n) is 7.45. The van der Waals surface area contributed by atoms with Gasteiger partial charge in [-0.05, 0) is 18.9 Å². The predicted octanol–water partition coefficient (Wildman–Crippen LogP) is 2.82. The number of hydrogen-bond acceptors (Lipinski definition) is 3. The maximum atomic E-state index is 5.56. The van der Waals surface area contributed by atoms with Gasteiger partial charge >= 0.3 is 0 Å². The molecular weight excluding hydrogens is 250 g/mol. The largest absolute Gasteiger partial charge is 0.380 e. The van der Waals surface area contributed by atoms with E-state index in [4.69, 9.17) is 4.74 Å². The van der Waals surface area contributed by atoms with Gasteiger partial charge in [0.25, 0.3) is 0 Å². The van der Waals surface area contributed by atoms with Crippen molar-refractivity contribution in [3.8, 4) is 0 Å². The fourth-order valence-corrected chi connectivity index (χ4v) is 2.24. The van der Waals surface area contributed by atoms with Gasteiger partial charge in [0, 0.05) is 31.6 Å². The Kier molecular flexibility index (Phi) is 5.56. The van der Waals surface area contributed by atoms with Crippen LogP contribution in [0.2, 0.25) is 0 Å². The van der Waals surface area contributed by atoms with Crippen LogP contribution >= 0.6 is 0 Å². The molecule has 4 heteroatoms. The second-order valence-electron chi connectivity index (χ2n) is 5.43. The molecule has 0 bridgehead atoms. The Bertz CT molecular complexity index is 534. The van der Waals surface area contributed by atoms with Gasteiger partial charge in [0.15, 0.2) is 0 Å². The summed E-state index contributed by atoms with van der Waals surface area (Å²) in [5.41, 5.74) is 2.33. The Morgan fingerprint density at radius 1 is 1.30 bits per heavy atom. The van der Waals surface area contributed by atoms with Gasteiger partial charge in [0.05, 0.1) is 17.8 Å². The number of hydrogen-bond donors (Lipinski definition) is 1. The lowest BCUT2D eigenvalue weighted by Gasteiger charge is -2.07. The van der Waals surface area contributed by atoms with Crippen LogP contribution < -0.4 is 5.32 Å². The van der Waals surface area contributed by atoms with Crippen LogP contribution in [0.15, 0.2) is 24.3 Å². The summed E-state index contributed by atoms with van der Waals surface area (Å²) in [4.78, 5) is 0. The van der Waals surface area contributed by atoms with Gasteiger partial charge in [-0.25, -0.2) is 0 Å². The molecule has 0 saturated heterocycles. The van der Waals surface area contributed by atoms with Gasteiger partial charge in [0.2, 0.25) is 0 Å². The zero-order chi connectivity index (χ0) is 14.4. The minimum atomic E-state index is 0.596. The smallest absolute Gasteiger partial charge is 0.0841 e. The summed E-state index contributed by atoms with van der Waals surface area (Å²) in [6, 6.07) is 8.40. The van der Waals surface area contributed by atoms with Crippen molar-refractivity contribution in [2.45, 2.75) is 33.9 Å². The highest BCUT2D eigenvalue weighted by Crippen LogP contribution is 2.17. The molecule has 0 atom stereocenters. The molecule has 1 N–H and O–H groups in total. The minimum Gasteiger partial charge on any atom is -0.380 e. The zero-order valence-electron chi connectivity index (χ0n) is 12.7. The third-order valence-electron chi connectivity index (χ3n) is 3.20. The normalized spacial score (nSPS) is 11.6. The van der Waals surface area contributed by atoms with Crippen molar-refractivity contribution in [1.82, 2.24) is 15.1 Å². The van der Waals surface area contributed by atoms with Crippen LogP contribution in [0, 0.1) is 5.92 Å². The molecule has 0 aliphatic rings. The molecule has 0 amide bonds. The Labute approximate surface area is 121 Å². The predicted molar refractivity (Wildman–Crippen MR) is 82.8 cm³/mol. The van der Waals surface area contributed by atoms with E-state index in [9.17, 15) is 0 Å². The molecule has 0 fully saturated rings. The van der Waals surface area contributed by atoms with Crippen LogP contribution in [0.5, 0.6) is 0 Å². The van der Waals surface area contributed by atoms with Gasteiger partial charge in [-0.1, -0.05) is 32.0 Å². The molecule has 0 unspecified atom stereocenters. The molecule has 0 aliphatic heterocycles. The van der Waals surface area contributed by atoms with Gasteiger partial charge in [-0.15, -0.1) is 0 Å². The first-order valence-corrected chi connectivity index (χ1v) is 7.45. The topological polar surface area (TPSA) is 39.1 Å². The van der Waals surface area contributed by atoms with Gasteiger partial charge in [0.1, 0.15) is 0 Å². The van der Waals surface area contributed by atoms with Crippen molar-refractivity contribution in [2.75, 3.05) is 19.8 Å². The van der Waals surface area contributed by atoms with Gasteiger partial charge in [-0.2, -0.15) is 5.10 Å². The number of para-hydroxylation sites is 1. The third-order valence-corrected chi connectivity index (χ3v) is 3.20. The molecule has 1 aromatic carbocycles. The second-order valence-corrected chi connectivity index (χ2v) is 5.43. The molecule has 2 aromatic rings. The third kappa shape index (κ3) is 3.81. The van der Waals surface area contributed by atoms with Crippen molar-refractivity contribution in [2.24, 2.45) is 5.92 Å². The van der Waals surface area contributed by atoms with Gasteiger partial charge in [-0.3, -0.25) is 4.68 Å². The average Bonchev–Trinajstić information content (AvgIpc) is 2.81. The van der Waals surface area contributed by atoms with Crippen LogP contribution in [0.25, 0.3) is 10.9 Å². The van der Waals surface area contributed by atoms with E-state index in [0.717, 1.165) is 38.5 Å². The van der Waals surface area contributed by atoms with E-state index in [-0.39, 0.29) is 0 Å². The first kappa shape index (κ1) is 15.0. The number of nitrogens with one attached hydrogen (secondary N) is 1. The summed E-state index contributed by atoms with van der Waals surface area (Å²) < 4.78 is 7.62. The second kappa shape index (κ2) is 7.41. The number of rotatable bonds is 8.